The van der Waals surface area contributed by atoms with E-state index >= 15 is 0 Å². The lowest BCUT2D eigenvalue weighted by atomic mass is 9.81. The third-order valence-corrected chi connectivity index (χ3v) is 3.66. The molecule has 1 aliphatic carbocycles. The van der Waals surface area contributed by atoms with Crippen LogP contribution in [0.2, 0.25) is 0 Å². The van der Waals surface area contributed by atoms with Gasteiger partial charge < -0.3 is 9.47 Å². The van der Waals surface area contributed by atoms with E-state index in [-0.39, 0.29) is 5.92 Å². The molecule has 0 bridgehead atoms. The van der Waals surface area contributed by atoms with Gasteiger partial charge in [0.2, 0.25) is 0 Å². The van der Waals surface area contributed by atoms with Crippen LogP contribution < -0.4 is 0 Å². The Labute approximate surface area is 114 Å². The van der Waals surface area contributed by atoms with Crippen molar-refractivity contribution in [3.63, 3.8) is 0 Å². The molecule has 1 aromatic carbocycles. The molecule has 104 valence electrons. The van der Waals surface area contributed by atoms with Gasteiger partial charge in [0, 0.05) is 38.4 Å². The van der Waals surface area contributed by atoms with Gasteiger partial charge in [-0.25, -0.2) is 0 Å². The van der Waals surface area contributed by atoms with E-state index in [1.807, 2.05) is 18.2 Å². The van der Waals surface area contributed by atoms with E-state index in [0.29, 0.717) is 19.0 Å². The maximum Gasteiger partial charge on any atom is 0.166 e. The number of hydrogen-bond donors (Lipinski definition) is 0. The van der Waals surface area contributed by atoms with Gasteiger partial charge in [-0.3, -0.25) is 4.79 Å². The fourth-order valence-electron chi connectivity index (χ4n) is 2.57. The van der Waals surface area contributed by atoms with Crippen molar-refractivity contribution in [2.75, 3.05) is 26.9 Å². The molecular formula is C16H22O3. The highest BCUT2D eigenvalue weighted by Crippen LogP contribution is 2.27. The third-order valence-electron chi connectivity index (χ3n) is 3.66. The minimum absolute atomic E-state index is 0.136. The molecule has 0 radical (unpaired) electrons. The summed E-state index contributed by atoms with van der Waals surface area (Å²) in [6, 6.07) is 7.96. The van der Waals surface area contributed by atoms with Gasteiger partial charge in [0.25, 0.3) is 0 Å². The van der Waals surface area contributed by atoms with Crippen LogP contribution in [0.15, 0.2) is 24.3 Å². The molecule has 0 fully saturated rings. The first-order valence-electron chi connectivity index (χ1n) is 7.01. The summed E-state index contributed by atoms with van der Waals surface area (Å²) in [6.45, 7) is 2.11. The number of aryl methyl sites for hydroxylation is 1. The molecule has 0 heterocycles. The van der Waals surface area contributed by atoms with Gasteiger partial charge in [0.15, 0.2) is 5.78 Å². The third kappa shape index (κ3) is 3.88. The lowest BCUT2D eigenvalue weighted by Crippen LogP contribution is -2.23. The fraction of sp³-hybridized carbons (Fsp3) is 0.562. The van der Waals surface area contributed by atoms with E-state index in [4.69, 9.17) is 9.47 Å². The number of carbonyl (C=O) groups is 1. The minimum atomic E-state index is 0.136. The predicted molar refractivity (Wildman–Crippen MR) is 74.5 cm³/mol. The smallest absolute Gasteiger partial charge is 0.166 e. The number of ketones is 1. The van der Waals surface area contributed by atoms with E-state index in [1.54, 1.807) is 7.11 Å². The molecule has 0 N–H and O–H groups in total. The second kappa shape index (κ2) is 7.41. The second-order valence-corrected chi connectivity index (χ2v) is 5.00. The normalized spacial score (nSPS) is 18.4. The summed E-state index contributed by atoms with van der Waals surface area (Å²) in [6.07, 6.45) is 3.71. The van der Waals surface area contributed by atoms with E-state index in [1.165, 1.54) is 5.56 Å². The zero-order chi connectivity index (χ0) is 13.5. The number of ether oxygens (including phenoxy) is 2. The van der Waals surface area contributed by atoms with E-state index < -0.39 is 0 Å². The minimum Gasteiger partial charge on any atom is -0.385 e. The fourth-order valence-corrected chi connectivity index (χ4v) is 2.57. The molecule has 0 saturated heterocycles. The molecule has 1 atom stereocenters. The van der Waals surface area contributed by atoms with Crippen LogP contribution in [0.3, 0.4) is 0 Å². The first-order chi connectivity index (χ1) is 9.33. The topological polar surface area (TPSA) is 35.5 Å². The van der Waals surface area contributed by atoms with E-state index in [0.717, 1.165) is 37.9 Å². The highest BCUT2D eigenvalue weighted by molar-refractivity contribution is 6.00. The van der Waals surface area contributed by atoms with Crippen LogP contribution in [0, 0.1) is 5.92 Å². The van der Waals surface area contributed by atoms with Crippen molar-refractivity contribution in [3.05, 3.63) is 35.4 Å². The zero-order valence-corrected chi connectivity index (χ0v) is 11.6. The molecular weight excluding hydrogens is 240 g/mol. The van der Waals surface area contributed by atoms with Gasteiger partial charge in [-0.2, -0.15) is 0 Å². The highest BCUT2D eigenvalue weighted by atomic mass is 16.5. The molecule has 3 heteroatoms. The number of Topliss-reactive ketones (excluding diaryl/α,β-unsaturated/α-hetero) is 1. The first-order valence-corrected chi connectivity index (χ1v) is 7.01. The van der Waals surface area contributed by atoms with E-state index in [2.05, 4.69) is 6.07 Å². The average molecular weight is 262 g/mol. The van der Waals surface area contributed by atoms with Gasteiger partial charge in [-0.05, 0) is 31.2 Å². The standard InChI is InChI=1S/C16H22O3/c1-18-10-4-11-19-12-9-14-8-7-13-5-2-3-6-15(13)16(14)17/h2-3,5-6,14H,4,7-12H2,1H3. The molecule has 3 nitrogen and oxygen atoms in total. The molecule has 19 heavy (non-hydrogen) atoms. The lowest BCUT2D eigenvalue weighted by Gasteiger charge is -2.23. The van der Waals surface area contributed by atoms with Crippen molar-refractivity contribution in [2.45, 2.75) is 25.7 Å². The number of methoxy groups -OCH3 is 1. The molecule has 2 rings (SSSR count). The van der Waals surface area contributed by atoms with Gasteiger partial charge in [0.1, 0.15) is 0 Å². The number of hydrogen-bond acceptors (Lipinski definition) is 3. The summed E-state index contributed by atoms with van der Waals surface area (Å²) in [4.78, 5) is 12.3. The summed E-state index contributed by atoms with van der Waals surface area (Å²) in [7, 11) is 1.69. The summed E-state index contributed by atoms with van der Waals surface area (Å²) in [5.41, 5.74) is 2.11. The number of benzene rings is 1. The summed E-state index contributed by atoms with van der Waals surface area (Å²) in [5.74, 6) is 0.430. The molecule has 1 unspecified atom stereocenters. The van der Waals surface area contributed by atoms with Crippen molar-refractivity contribution in [3.8, 4) is 0 Å². The molecule has 0 saturated carbocycles. The Bertz CT molecular complexity index is 414. The number of fused-ring (bicyclic) bond motifs is 1. The Morgan fingerprint density at radius 1 is 1.21 bits per heavy atom. The molecule has 0 aromatic heterocycles. The first kappa shape index (κ1) is 14.2. The van der Waals surface area contributed by atoms with Crippen LogP contribution in [0.4, 0.5) is 0 Å². The van der Waals surface area contributed by atoms with Crippen LogP contribution in [-0.4, -0.2) is 32.7 Å². The van der Waals surface area contributed by atoms with Crippen LogP contribution >= 0.6 is 0 Å². The van der Waals surface area contributed by atoms with Crippen molar-refractivity contribution < 1.29 is 14.3 Å². The zero-order valence-electron chi connectivity index (χ0n) is 11.6. The van der Waals surface area contributed by atoms with Crippen molar-refractivity contribution in [2.24, 2.45) is 5.92 Å². The maximum atomic E-state index is 12.3. The monoisotopic (exact) mass is 262 g/mol. The second-order valence-electron chi connectivity index (χ2n) is 5.00. The number of rotatable bonds is 7. The number of carbonyl (C=O) groups excluding carboxylic acids is 1. The van der Waals surface area contributed by atoms with Crippen LogP contribution in [0.5, 0.6) is 0 Å². The molecule has 1 aliphatic rings. The molecule has 0 aliphatic heterocycles. The quantitative estimate of drug-likeness (QED) is 0.709. The Kier molecular flexibility index (Phi) is 5.55. The Morgan fingerprint density at radius 3 is 2.89 bits per heavy atom. The SMILES string of the molecule is COCCCOCCC1CCc2ccccc2C1=O. The van der Waals surface area contributed by atoms with Crippen LogP contribution in [0.25, 0.3) is 0 Å². The predicted octanol–water partition coefficient (Wildman–Crippen LogP) is 2.87. The highest BCUT2D eigenvalue weighted by Gasteiger charge is 2.26. The van der Waals surface area contributed by atoms with Crippen LogP contribution in [-0.2, 0) is 15.9 Å². The van der Waals surface area contributed by atoms with E-state index in [9.17, 15) is 4.79 Å². The van der Waals surface area contributed by atoms with Gasteiger partial charge in [-0.1, -0.05) is 24.3 Å². The average Bonchev–Trinajstić information content (AvgIpc) is 2.45. The Morgan fingerprint density at radius 2 is 2.05 bits per heavy atom. The van der Waals surface area contributed by atoms with Crippen molar-refractivity contribution in [1.29, 1.82) is 0 Å². The van der Waals surface area contributed by atoms with Crippen molar-refractivity contribution in [1.82, 2.24) is 0 Å². The Hall–Kier alpha value is -1.19. The van der Waals surface area contributed by atoms with Crippen molar-refractivity contribution >= 4 is 5.78 Å². The molecule has 1 aromatic rings. The van der Waals surface area contributed by atoms with Crippen LogP contribution in [0.1, 0.15) is 35.2 Å². The molecule has 0 spiro atoms. The summed E-state index contributed by atoms with van der Waals surface area (Å²) >= 11 is 0. The largest absolute Gasteiger partial charge is 0.385 e. The summed E-state index contributed by atoms with van der Waals surface area (Å²) in [5, 5.41) is 0. The maximum absolute atomic E-state index is 12.3. The van der Waals surface area contributed by atoms with Gasteiger partial charge in [-0.15, -0.1) is 0 Å². The Balaban J connectivity index is 1.76. The summed E-state index contributed by atoms with van der Waals surface area (Å²) < 4.78 is 10.5. The molecule has 0 amide bonds. The van der Waals surface area contributed by atoms with Gasteiger partial charge >= 0.3 is 0 Å². The van der Waals surface area contributed by atoms with Gasteiger partial charge in [0.05, 0.1) is 0 Å². The lowest BCUT2D eigenvalue weighted by molar-refractivity contribution is 0.0761.